The molecule has 0 aliphatic carbocycles. The van der Waals surface area contributed by atoms with Gasteiger partial charge in [0.25, 0.3) is 5.91 Å². The Morgan fingerprint density at radius 2 is 1.23 bits per heavy atom. The third-order valence-corrected chi connectivity index (χ3v) is 4.63. The lowest BCUT2D eigenvalue weighted by molar-refractivity contribution is -0.147. The first-order valence-corrected chi connectivity index (χ1v) is 9.94. The van der Waals surface area contributed by atoms with Crippen LogP contribution in [0.1, 0.15) is 30.4 Å². The predicted octanol–water partition coefficient (Wildman–Crippen LogP) is 4.35. The lowest BCUT2D eigenvalue weighted by Crippen LogP contribution is -2.22. The van der Waals surface area contributed by atoms with E-state index in [4.69, 9.17) is 4.74 Å². The molecule has 0 radical (unpaired) electrons. The number of esters is 1. The van der Waals surface area contributed by atoms with Gasteiger partial charge in [0.05, 0.1) is 6.42 Å². The van der Waals surface area contributed by atoms with Crippen LogP contribution >= 0.6 is 0 Å². The molecular weight excluding hydrogens is 392 g/mol. The Morgan fingerprint density at radius 1 is 0.742 bits per heavy atom. The van der Waals surface area contributed by atoms with E-state index in [0.717, 1.165) is 11.1 Å². The maximum Gasteiger partial charge on any atom is 0.307 e. The van der Waals surface area contributed by atoms with Gasteiger partial charge in [-0.15, -0.1) is 0 Å². The van der Waals surface area contributed by atoms with Crippen LogP contribution in [-0.2, 0) is 19.1 Å². The Morgan fingerprint density at radius 3 is 1.71 bits per heavy atom. The topological polar surface area (TPSA) is 84.5 Å². The van der Waals surface area contributed by atoms with E-state index >= 15 is 0 Å². The van der Waals surface area contributed by atoms with Crippen LogP contribution in [0.4, 0.5) is 11.4 Å². The summed E-state index contributed by atoms with van der Waals surface area (Å²) in [5.74, 6) is -1.21. The molecule has 0 aromatic heterocycles. The highest BCUT2D eigenvalue weighted by molar-refractivity contribution is 5.93. The molecule has 0 saturated heterocycles. The molecule has 0 aliphatic heterocycles. The highest BCUT2D eigenvalue weighted by Gasteiger charge is 2.19. The Labute approximate surface area is 181 Å². The van der Waals surface area contributed by atoms with Crippen LogP contribution in [-0.4, -0.2) is 24.4 Å². The van der Waals surface area contributed by atoms with E-state index in [1.165, 1.54) is 6.92 Å². The highest BCUT2D eigenvalue weighted by Crippen LogP contribution is 2.28. The van der Waals surface area contributed by atoms with Crippen molar-refractivity contribution in [3.8, 4) is 0 Å². The van der Waals surface area contributed by atoms with Gasteiger partial charge in [0.15, 0.2) is 6.61 Å². The Balaban J connectivity index is 1.55. The van der Waals surface area contributed by atoms with Crippen molar-refractivity contribution in [2.75, 3.05) is 17.2 Å². The lowest BCUT2D eigenvalue weighted by Gasteiger charge is -2.17. The van der Waals surface area contributed by atoms with E-state index < -0.39 is 11.9 Å². The van der Waals surface area contributed by atoms with Crippen LogP contribution in [0.15, 0.2) is 84.9 Å². The summed E-state index contributed by atoms with van der Waals surface area (Å²) < 4.78 is 5.22. The van der Waals surface area contributed by atoms with Crippen LogP contribution in [0.3, 0.4) is 0 Å². The number of ether oxygens (including phenoxy) is 1. The number of nitrogens with one attached hydrogen (secondary N) is 2. The molecule has 0 bridgehead atoms. The number of benzene rings is 3. The van der Waals surface area contributed by atoms with Gasteiger partial charge in [-0.3, -0.25) is 14.4 Å². The first kappa shape index (κ1) is 21.8. The van der Waals surface area contributed by atoms with Crippen LogP contribution in [0, 0.1) is 0 Å². The highest BCUT2D eigenvalue weighted by atomic mass is 16.5. The Kier molecular flexibility index (Phi) is 7.54. The first-order chi connectivity index (χ1) is 15.0. The average molecular weight is 416 g/mol. The monoisotopic (exact) mass is 416 g/mol. The fourth-order valence-corrected chi connectivity index (χ4v) is 3.21. The molecule has 0 heterocycles. The average Bonchev–Trinajstić information content (AvgIpc) is 2.78. The van der Waals surface area contributed by atoms with Crippen molar-refractivity contribution in [2.45, 2.75) is 19.3 Å². The summed E-state index contributed by atoms with van der Waals surface area (Å²) in [5, 5.41) is 5.32. The van der Waals surface area contributed by atoms with Crippen LogP contribution in [0.2, 0.25) is 0 Å². The molecule has 0 fully saturated rings. The molecule has 0 spiro atoms. The second-order valence-electron chi connectivity index (χ2n) is 7.05. The molecule has 3 aromatic rings. The van der Waals surface area contributed by atoms with Gasteiger partial charge in [0, 0.05) is 24.2 Å². The maximum absolute atomic E-state index is 12.5. The van der Waals surface area contributed by atoms with Gasteiger partial charge in [0.1, 0.15) is 0 Å². The fourth-order valence-electron chi connectivity index (χ4n) is 3.21. The number of hydrogen-bond acceptors (Lipinski definition) is 4. The van der Waals surface area contributed by atoms with E-state index in [1.54, 1.807) is 24.3 Å². The molecule has 3 aromatic carbocycles. The zero-order valence-corrected chi connectivity index (χ0v) is 17.2. The molecule has 6 heteroatoms. The zero-order chi connectivity index (χ0) is 22.1. The van der Waals surface area contributed by atoms with Gasteiger partial charge >= 0.3 is 5.97 Å². The van der Waals surface area contributed by atoms with Crippen molar-refractivity contribution in [3.63, 3.8) is 0 Å². The Hall–Kier alpha value is -3.93. The fraction of sp³-hybridized carbons (Fsp3) is 0.160. The molecule has 0 atom stereocenters. The maximum atomic E-state index is 12.5. The third kappa shape index (κ3) is 6.82. The third-order valence-electron chi connectivity index (χ3n) is 4.63. The molecule has 6 nitrogen and oxygen atoms in total. The quantitative estimate of drug-likeness (QED) is 0.535. The van der Waals surface area contributed by atoms with Gasteiger partial charge in [-0.1, -0.05) is 60.7 Å². The Bertz CT molecular complexity index is 979. The summed E-state index contributed by atoms with van der Waals surface area (Å²) in [4.78, 5) is 35.7. The summed E-state index contributed by atoms with van der Waals surface area (Å²) >= 11 is 0. The molecule has 3 rings (SSSR count). The second kappa shape index (κ2) is 10.7. The van der Waals surface area contributed by atoms with Gasteiger partial charge < -0.3 is 15.4 Å². The minimum Gasteiger partial charge on any atom is -0.456 e. The molecule has 2 amide bonds. The van der Waals surface area contributed by atoms with Crippen LogP contribution in [0.5, 0.6) is 0 Å². The minimum absolute atomic E-state index is 0.132. The molecule has 31 heavy (non-hydrogen) atoms. The standard InChI is InChI=1S/C25H24N2O4/c1-18(28)26-21-12-14-22(15-13-21)27-24(29)17-31-25(30)16-23(19-8-4-2-5-9-19)20-10-6-3-7-11-20/h2-15,23H,16-17H2,1H3,(H,26,28)(H,27,29). The molecule has 158 valence electrons. The van der Waals surface area contributed by atoms with Crippen molar-refractivity contribution in [2.24, 2.45) is 0 Å². The van der Waals surface area contributed by atoms with Gasteiger partial charge in [-0.25, -0.2) is 0 Å². The predicted molar refractivity (Wildman–Crippen MR) is 120 cm³/mol. The molecule has 0 unspecified atom stereocenters. The summed E-state index contributed by atoms with van der Waals surface area (Å²) in [5.41, 5.74) is 3.19. The van der Waals surface area contributed by atoms with Gasteiger partial charge in [0.2, 0.25) is 5.91 Å². The van der Waals surface area contributed by atoms with Crippen molar-refractivity contribution >= 4 is 29.2 Å². The lowest BCUT2D eigenvalue weighted by atomic mass is 9.89. The van der Waals surface area contributed by atoms with Crippen LogP contribution in [0.25, 0.3) is 0 Å². The van der Waals surface area contributed by atoms with E-state index in [1.807, 2.05) is 60.7 Å². The van der Waals surface area contributed by atoms with E-state index in [-0.39, 0.29) is 24.9 Å². The van der Waals surface area contributed by atoms with Crippen molar-refractivity contribution in [3.05, 3.63) is 96.1 Å². The first-order valence-electron chi connectivity index (χ1n) is 9.94. The number of anilines is 2. The summed E-state index contributed by atoms with van der Waals surface area (Å²) in [6.07, 6.45) is 0.132. The zero-order valence-electron chi connectivity index (χ0n) is 17.2. The van der Waals surface area contributed by atoms with Crippen LogP contribution < -0.4 is 10.6 Å². The molecule has 0 saturated carbocycles. The molecule has 0 aliphatic rings. The van der Waals surface area contributed by atoms with E-state index in [2.05, 4.69) is 10.6 Å². The number of rotatable bonds is 8. The van der Waals surface area contributed by atoms with Crippen molar-refractivity contribution in [1.29, 1.82) is 0 Å². The number of carbonyl (C=O) groups excluding carboxylic acids is 3. The van der Waals surface area contributed by atoms with E-state index in [9.17, 15) is 14.4 Å². The normalized spacial score (nSPS) is 10.4. The van der Waals surface area contributed by atoms with Gasteiger partial charge in [-0.05, 0) is 35.4 Å². The summed E-state index contributed by atoms with van der Waals surface area (Å²) in [6.45, 7) is 1.05. The molecule has 2 N–H and O–H groups in total. The van der Waals surface area contributed by atoms with Crippen molar-refractivity contribution in [1.82, 2.24) is 0 Å². The molecular formula is C25H24N2O4. The smallest absolute Gasteiger partial charge is 0.307 e. The van der Waals surface area contributed by atoms with Gasteiger partial charge in [-0.2, -0.15) is 0 Å². The number of carbonyl (C=O) groups is 3. The summed E-state index contributed by atoms with van der Waals surface area (Å²) in [6, 6.07) is 26.1. The SMILES string of the molecule is CC(=O)Nc1ccc(NC(=O)COC(=O)CC(c2ccccc2)c2ccccc2)cc1. The minimum atomic E-state index is -0.450. The largest absolute Gasteiger partial charge is 0.456 e. The van der Waals surface area contributed by atoms with Crippen molar-refractivity contribution < 1.29 is 19.1 Å². The number of hydrogen-bond donors (Lipinski definition) is 2. The number of amides is 2. The second-order valence-corrected chi connectivity index (χ2v) is 7.05. The summed E-state index contributed by atoms with van der Waals surface area (Å²) in [7, 11) is 0. The van der Waals surface area contributed by atoms with E-state index in [0.29, 0.717) is 11.4 Å².